The van der Waals surface area contributed by atoms with Crippen molar-refractivity contribution in [1.82, 2.24) is 10.2 Å². The normalized spacial score (nSPS) is 11.4. The Kier molecular flexibility index (Phi) is 6.79. The summed E-state index contributed by atoms with van der Waals surface area (Å²) in [7, 11) is 0. The highest BCUT2D eigenvalue weighted by molar-refractivity contribution is 5.98. The fraction of sp³-hybridized carbons (Fsp3) is 0.364. The van der Waals surface area contributed by atoms with E-state index >= 15 is 0 Å². The number of furan rings is 1. The van der Waals surface area contributed by atoms with Gasteiger partial charge in [0.2, 0.25) is 0 Å². The number of benzene rings is 2. The molecule has 0 saturated heterocycles. The van der Waals surface area contributed by atoms with Crippen LogP contribution in [-0.4, -0.2) is 36.0 Å². The first-order valence-corrected chi connectivity index (χ1v) is 9.82. The third-order valence-corrected chi connectivity index (χ3v) is 5.01. The minimum atomic E-state index is -0.451. The van der Waals surface area contributed by atoms with Crippen molar-refractivity contribution >= 4 is 16.9 Å². The van der Waals surface area contributed by atoms with Crippen LogP contribution in [0.5, 0.6) is 0 Å². The van der Waals surface area contributed by atoms with Crippen molar-refractivity contribution in [2.45, 2.75) is 26.8 Å². The van der Waals surface area contributed by atoms with Crippen LogP contribution in [-0.2, 0) is 6.54 Å². The van der Waals surface area contributed by atoms with Crippen LogP contribution in [0.3, 0.4) is 0 Å². The molecule has 0 saturated carbocycles. The minimum Gasteiger partial charge on any atom is -0.400 e. The van der Waals surface area contributed by atoms with E-state index in [9.17, 15) is 10.1 Å². The lowest BCUT2D eigenvalue weighted by atomic mass is 10.0. The zero-order chi connectivity index (χ0) is 19.9. The summed E-state index contributed by atoms with van der Waals surface area (Å²) in [6.07, 6.45) is 1.09. The Balaban J connectivity index is 1.76. The first kappa shape index (κ1) is 20.0. The first-order valence-electron chi connectivity index (χ1n) is 9.82. The van der Waals surface area contributed by atoms with Crippen molar-refractivity contribution in [2.75, 3.05) is 26.2 Å². The van der Waals surface area contributed by atoms with Gasteiger partial charge < -0.3 is 14.6 Å². The van der Waals surface area contributed by atoms with E-state index in [0.717, 1.165) is 55.7 Å². The second-order valence-electron chi connectivity index (χ2n) is 6.79. The van der Waals surface area contributed by atoms with Gasteiger partial charge in [-0.15, -0.1) is 0 Å². The highest BCUT2D eigenvalue weighted by Gasteiger charge is 2.25. The van der Waals surface area contributed by atoms with Crippen LogP contribution in [0.25, 0.3) is 22.1 Å². The first-order chi connectivity index (χ1) is 13.6. The van der Waals surface area contributed by atoms with E-state index in [1.165, 1.54) is 0 Å². The van der Waals surface area contributed by atoms with Gasteiger partial charge in [-0.2, -0.15) is 0 Å². The zero-order valence-electron chi connectivity index (χ0n) is 16.5. The van der Waals surface area contributed by atoms with Gasteiger partial charge in [-0.25, -0.2) is 0 Å². The van der Waals surface area contributed by atoms with Crippen molar-refractivity contribution in [3.05, 3.63) is 64.2 Å². The molecule has 0 atom stereocenters. The quantitative estimate of drug-likeness (QED) is 0.309. The fourth-order valence-electron chi connectivity index (χ4n) is 3.45. The molecule has 0 unspecified atom stereocenters. The molecule has 6 nitrogen and oxygen atoms in total. The largest absolute Gasteiger partial charge is 0.442 e. The average molecular weight is 381 g/mol. The molecule has 0 amide bonds. The molecule has 3 aromatic rings. The molecule has 2 aromatic carbocycles. The Labute approximate surface area is 165 Å². The molecule has 1 N–H and O–H groups in total. The number of rotatable bonds is 10. The van der Waals surface area contributed by atoms with E-state index in [-0.39, 0.29) is 5.88 Å². The summed E-state index contributed by atoms with van der Waals surface area (Å²) in [5.74, 6) is -0.203. The SMILES string of the molecule is CCN(CC)CCCNCc1ccc2oc([N+](=O)[O-])c(-c3ccccc3)c2c1. The number of hydrogen-bond acceptors (Lipinski definition) is 5. The molecule has 0 aliphatic rings. The molecule has 0 bridgehead atoms. The van der Waals surface area contributed by atoms with Gasteiger partial charge in [-0.3, -0.25) is 10.1 Å². The lowest BCUT2D eigenvalue weighted by Gasteiger charge is -2.17. The second-order valence-corrected chi connectivity index (χ2v) is 6.79. The molecule has 0 spiro atoms. The molecule has 0 radical (unpaired) electrons. The van der Waals surface area contributed by atoms with Crippen molar-refractivity contribution in [3.63, 3.8) is 0 Å². The lowest BCUT2D eigenvalue weighted by Crippen LogP contribution is -2.27. The Bertz CT molecular complexity index is 917. The number of nitro groups is 1. The van der Waals surface area contributed by atoms with E-state index in [4.69, 9.17) is 4.42 Å². The van der Waals surface area contributed by atoms with Crippen molar-refractivity contribution in [2.24, 2.45) is 0 Å². The van der Waals surface area contributed by atoms with Gasteiger partial charge in [0, 0.05) is 11.9 Å². The highest BCUT2D eigenvalue weighted by Crippen LogP contribution is 2.39. The number of nitrogens with one attached hydrogen (secondary N) is 1. The maximum atomic E-state index is 11.5. The van der Waals surface area contributed by atoms with E-state index in [2.05, 4.69) is 24.1 Å². The Morgan fingerprint density at radius 1 is 1.11 bits per heavy atom. The standard InChI is InChI=1S/C22H27N3O3/c1-3-24(4-2)14-8-13-23-16-17-11-12-20-19(15-17)21(22(28-20)25(26)27)18-9-6-5-7-10-18/h5-7,9-12,15,23H,3-4,8,13-14,16H2,1-2H3. The van der Waals surface area contributed by atoms with Crippen LogP contribution >= 0.6 is 0 Å². The number of hydrogen-bond donors (Lipinski definition) is 1. The second kappa shape index (κ2) is 9.48. The van der Waals surface area contributed by atoms with Crippen LogP contribution in [0.4, 0.5) is 5.88 Å². The molecule has 1 heterocycles. The van der Waals surface area contributed by atoms with Gasteiger partial charge in [0.05, 0.1) is 0 Å². The fourth-order valence-corrected chi connectivity index (χ4v) is 3.45. The zero-order valence-corrected chi connectivity index (χ0v) is 16.5. The summed E-state index contributed by atoms with van der Waals surface area (Å²) >= 11 is 0. The smallest absolute Gasteiger partial charge is 0.400 e. The van der Waals surface area contributed by atoms with Crippen LogP contribution in [0.15, 0.2) is 52.9 Å². The molecule has 0 fully saturated rings. The predicted molar refractivity (Wildman–Crippen MR) is 112 cm³/mol. The minimum absolute atomic E-state index is 0.203. The van der Waals surface area contributed by atoms with Crippen LogP contribution in [0.1, 0.15) is 25.8 Å². The third kappa shape index (κ3) is 4.58. The molecular formula is C22H27N3O3. The molecule has 1 aromatic heterocycles. The predicted octanol–water partition coefficient (Wildman–Crippen LogP) is 4.83. The van der Waals surface area contributed by atoms with Crippen LogP contribution in [0.2, 0.25) is 0 Å². The maximum Gasteiger partial charge on any atom is 0.442 e. The average Bonchev–Trinajstić information content (AvgIpc) is 3.10. The molecule has 0 aliphatic carbocycles. The number of nitrogens with zero attached hydrogens (tertiary/aromatic N) is 2. The van der Waals surface area contributed by atoms with E-state index in [1.807, 2.05) is 48.5 Å². The van der Waals surface area contributed by atoms with E-state index in [1.54, 1.807) is 0 Å². The highest BCUT2D eigenvalue weighted by atomic mass is 16.6. The van der Waals surface area contributed by atoms with Gasteiger partial charge >= 0.3 is 5.88 Å². The Morgan fingerprint density at radius 3 is 2.54 bits per heavy atom. The number of fused-ring (bicyclic) bond motifs is 1. The monoisotopic (exact) mass is 381 g/mol. The van der Waals surface area contributed by atoms with Crippen molar-refractivity contribution in [3.8, 4) is 11.1 Å². The molecule has 28 heavy (non-hydrogen) atoms. The summed E-state index contributed by atoms with van der Waals surface area (Å²) in [5.41, 5.74) is 2.96. The third-order valence-electron chi connectivity index (χ3n) is 5.01. The van der Waals surface area contributed by atoms with Gasteiger partial charge in [0.15, 0.2) is 0 Å². The maximum absolute atomic E-state index is 11.5. The van der Waals surface area contributed by atoms with E-state index in [0.29, 0.717) is 11.1 Å². The summed E-state index contributed by atoms with van der Waals surface area (Å²) in [6.45, 7) is 9.27. The summed E-state index contributed by atoms with van der Waals surface area (Å²) in [4.78, 5) is 13.4. The topological polar surface area (TPSA) is 71.5 Å². The van der Waals surface area contributed by atoms with Gasteiger partial charge in [0.25, 0.3) is 0 Å². The molecule has 0 aliphatic heterocycles. The molecular weight excluding hydrogens is 354 g/mol. The summed E-state index contributed by atoms with van der Waals surface area (Å²) < 4.78 is 5.54. The van der Waals surface area contributed by atoms with Crippen LogP contribution in [0, 0.1) is 10.1 Å². The Morgan fingerprint density at radius 2 is 1.86 bits per heavy atom. The summed E-state index contributed by atoms with van der Waals surface area (Å²) in [6, 6.07) is 15.2. The summed E-state index contributed by atoms with van der Waals surface area (Å²) in [5, 5.41) is 15.7. The Hall–Kier alpha value is -2.70. The van der Waals surface area contributed by atoms with E-state index < -0.39 is 4.92 Å². The van der Waals surface area contributed by atoms with Gasteiger partial charge in [-0.1, -0.05) is 50.2 Å². The van der Waals surface area contributed by atoms with Gasteiger partial charge in [0.1, 0.15) is 16.1 Å². The van der Waals surface area contributed by atoms with Crippen LogP contribution < -0.4 is 5.32 Å². The molecule has 6 heteroatoms. The molecule has 148 valence electrons. The van der Waals surface area contributed by atoms with Crippen molar-refractivity contribution in [1.29, 1.82) is 0 Å². The molecule has 3 rings (SSSR count). The van der Waals surface area contributed by atoms with Crippen molar-refractivity contribution < 1.29 is 9.34 Å². The van der Waals surface area contributed by atoms with Gasteiger partial charge in [-0.05, 0) is 55.9 Å². The lowest BCUT2D eigenvalue weighted by molar-refractivity contribution is -0.400.